The molecule has 1 unspecified atom stereocenters. The predicted octanol–water partition coefficient (Wildman–Crippen LogP) is 1.44. The lowest BCUT2D eigenvalue weighted by atomic mass is 10.1. The van der Waals surface area contributed by atoms with E-state index < -0.39 is 0 Å². The van der Waals surface area contributed by atoms with Crippen molar-refractivity contribution >= 4 is 0 Å². The smallest absolute Gasteiger partial charge is 0.0796 e. The largest absolute Gasteiger partial charge is 0.390 e. The van der Waals surface area contributed by atoms with Gasteiger partial charge in [0.05, 0.1) is 32.0 Å². The Bertz CT molecular complexity index is 113. The molecule has 0 spiro atoms. The van der Waals surface area contributed by atoms with Crippen molar-refractivity contribution in [3.05, 3.63) is 0 Å². The van der Waals surface area contributed by atoms with Gasteiger partial charge in [-0.05, 0) is 19.8 Å². The molecule has 0 saturated heterocycles. The van der Waals surface area contributed by atoms with E-state index in [4.69, 9.17) is 9.47 Å². The van der Waals surface area contributed by atoms with E-state index in [9.17, 15) is 5.11 Å². The van der Waals surface area contributed by atoms with Gasteiger partial charge >= 0.3 is 0 Å². The van der Waals surface area contributed by atoms with Gasteiger partial charge in [-0.1, -0.05) is 13.8 Å². The van der Waals surface area contributed by atoms with Crippen LogP contribution in [0.25, 0.3) is 0 Å². The number of hydrogen-bond acceptors (Lipinski definition) is 3. The number of ether oxygens (including phenoxy) is 2. The van der Waals surface area contributed by atoms with Crippen molar-refractivity contribution < 1.29 is 14.6 Å². The van der Waals surface area contributed by atoms with Gasteiger partial charge < -0.3 is 14.6 Å². The van der Waals surface area contributed by atoms with Gasteiger partial charge in [0.2, 0.25) is 0 Å². The maximum absolute atomic E-state index is 9.37. The third kappa shape index (κ3) is 8.22. The number of rotatable bonds is 7. The Labute approximate surface area is 81.0 Å². The Hall–Kier alpha value is -0.120. The van der Waals surface area contributed by atoms with Gasteiger partial charge in [0.25, 0.3) is 0 Å². The molecule has 0 saturated carbocycles. The summed E-state index contributed by atoms with van der Waals surface area (Å²) >= 11 is 0. The molecule has 80 valence electrons. The Morgan fingerprint density at radius 3 is 2.15 bits per heavy atom. The van der Waals surface area contributed by atoms with Gasteiger partial charge in [0.15, 0.2) is 0 Å². The van der Waals surface area contributed by atoms with E-state index in [1.165, 1.54) is 0 Å². The highest BCUT2D eigenvalue weighted by molar-refractivity contribution is 4.57. The first kappa shape index (κ1) is 12.9. The summed E-state index contributed by atoms with van der Waals surface area (Å²) in [5, 5.41) is 9.37. The zero-order valence-corrected chi connectivity index (χ0v) is 9.12. The molecule has 0 aliphatic carbocycles. The quantitative estimate of drug-likeness (QED) is 0.617. The standard InChI is InChI=1S/C10H22O3/c1-8(2)10(11)7-12-5-6-13-9(3)4/h8-11H,5-7H2,1-4H3. The van der Waals surface area contributed by atoms with E-state index in [1.807, 2.05) is 27.7 Å². The predicted molar refractivity (Wildman–Crippen MR) is 52.8 cm³/mol. The lowest BCUT2D eigenvalue weighted by Crippen LogP contribution is -2.23. The summed E-state index contributed by atoms with van der Waals surface area (Å²) in [6, 6.07) is 0. The molecule has 3 nitrogen and oxygen atoms in total. The normalized spacial score (nSPS) is 14.1. The molecule has 0 aromatic carbocycles. The van der Waals surface area contributed by atoms with Crippen LogP contribution in [0.1, 0.15) is 27.7 Å². The Morgan fingerprint density at radius 2 is 1.69 bits per heavy atom. The van der Waals surface area contributed by atoms with E-state index >= 15 is 0 Å². The van der Waals surface area contributed by atoms with Crippen LogP contribution in [0.2, 0.25) is 0 Å². The molecule has 0 fully saturated rings. The van der Waals surface area contributed by atoms with Crippen LogP contribution in [-0.2, 0) is 9.47 Å². The van der Waals surface area contributed by atoms with Crippen LogP contribution in [0.3, 0.4) is 0 Å². The second kappa shape index (κ2) is 7.30. The van der Waals surface area contributed by atoms with Crippen LogP contribution < -0.4 is 0 Å². The minimum absolute atomic E-state index is 0.249. The summed E-state index contributed by atoms with van der Waals surface area (Å²) in [5.41, 5.74) is 0. The van der Waals surface area contributed by atoms with Gasteiger partial charge in [0, 0.05) is 0 Å². The summed E-state index contributed by atoms with van der Waals surface area (Å²) in [6.07, 6.45) is -0.113. The van der Waals surface area contributed by atoms with Crippen molar-refractivity contribution in [2.75, 3.05) is 19.8 Å². The lowest BCUT2D eigenvalue weighted by molar-refractivity contribution is -0.0218. The van der Waals surface area contributed by atoms with Gasteiger partial charge in [-0.15, -0.1) is 0 Å². The molecule has 0 radical (unpaired) electrons. The van der Waals surface area contributed by atoms with Crippen molar-refractivity contribution in [2.45, 2.75) is 39.9 Å². The number of aliphatic hydroxyl groups excluding tert-OH is 1. The fraction of sp³-hybridized carbons (Fsp3) is 1.00. The first-order valence-corrected chi connectivity index (χ1v) is 4.91. The second-order valence-electron chi connectivity index (χ2n) is 3.81. The molecular formula is C10H22O3. The van der Waals surface area contributed by atoms with E-state index in [1.54, 1.807) is 0 Å². The molecule has 1 atom stereocenters. The first-order chi connectivity index (χ1) is 6.04. The Kier molecular flexibility index (Phi) is 7.23. The fourth-order valence-corrected chi connectivity index (χ4v) is 0.739. The average molecular weight is 190 g/mol. The summed E-state index contributed by atoms with van der Waals surface area (Å²) in [4.78, 5) is 0. The van der Waals surface area contributed by atoms with Crippen LogP contribution in [-0.4, -0.2) is 37.1 Å². The highest BCUT2D eigenvalue weighted by Gasteiger charge is 2.08. The Morgan fingerprint density at radius 1 is 1.08 bits per heavy atom. The third-order valence-electron chi connectivity index (χ3n) is 1.74. The van der Waals surface area contributed by atoms with Crippen LogP contribution >= 0.6 is 0 Å². The van der Waals surface area contributed by atoms with Crippen LogP contribution in [0.5, 0.6) is 0 Å². The minimum atomic E-state index is -0.362. The van der Waals surface area contributed by atoms with E-state index in [-0.39, 0.29) is 18.1 Å². The topological polar surface area (TPSA) is 38.7 Å². The van der Waals surface area contributed by atoms with Gasteiger partial charge in [-0.25, -0.2) is 0 Å². The van der Waals surface area contributed by atoms with Crippen molar-refractivity contribution in [3.63, 3.8) is 0 Å². The molecule has 0 aromatic rings. The third-order valence-corrected chi connectivity index (χ3v) is 1.74. The molecule has 0 amide bonds. The molecule has 3 heteroatoms. The zero-order chi connectivity index (χ0) is 10.3. The van der Waals surface area contributed by atoms with Gasteiger partial charge in [0.1, 0.15) is 0 Å². The van der Waals surface area contributed by atoms with E-state index in [0.717, 1.165) is 0 Å². The van der Waals surface area contributed by atoms with E-state index in [0.29, 0.717) is 19.8 Å². The maximum atomic E-state index is 9.37. The van der Waals surface area contributed by atoms with Crippen LogP contribution in [0, 0.1) is 5.92 Å². The molecule has 13 heavy (non-hydrogen) atoms. The number of aliphatic hydroxyl groups is 1. The van der Waals surface area contributed by atoms with Gasteiger partial charge in [-0.3, -0.25) is 0 Å². The molecule has 0 aromatic heterocycles. The Balaban J connectivity index is 3.16. The molecule has 0 rings (SSSR count). The first-order valence-electron chi connectivity index (χ1n) is 4.91. The van der Waals surface area contributed by atoms with E-state index in [2.05, 4.69) is 0 Å². The molecule has 0 aliphatic heterocycles. The monoisotopic (exact) mass is 190 g/mol. The maximum Gasteiger partial charge on any atom is 0.0796 e. The summed E-state index contributed by atoms with van der Waals surface area (Å²) in [5.74, 6) is 0.256. The summed E-state index contributed by atoms with van der Waals surface area (Å²) in [6.45, 7) is 9.48. The molecule has 1 N–H and O–H groups in total. The molecule has 0 aliphatic rings. The van der Waals surface area contributed by atoms with Crippen molar-refractivity contribution in [3.8, 4) is 0 Å². The zero-order valence-electron chi connectivity index (χ0n) is 9.12. The number of hydrogen-bond donors (Lipinski definition) is 1. The van der Waals surface area contributed by atoms with Gasteiger partial charge in [-0.2, -0.15) is 0 Å². The molecular weight excluding hydrogens is 168 g/mol. The molecule has 0 bridgehead atoms. The fourth-order valence-electron chi connectivity index (χ4n) is 0.739. The van der Waals surface area contributed by atoms with Crippen LogP contribution in [0.15, 0.2) is 0 Å². The summed E-state index contributed by atoms with van der Waals surface area (Å²) < 4.78 is 10.5. The lowest BCUT2D eigenvalue weighted by Gasteiger charge is -2.14. The second-order valence-corrected chi connectivity index (χ2v) is 3.81. The highest BCUT2D eigenvalue weighted by Crippen LogP contribution is 2.00. The summed E-state index contributed by atoms with van der Waals surface area (Å²) in [7, 11) is 0. The van der Waals surface area contributed by atoms with Crippen LogP contribution in [0.4, 0.5) is 0 Å². The SMILES string of the molecule is CC(C)OCCOCC(O)C(C)C. The average Bonchev–Trinajstić information content (AvgIpc) is 2.02. The molecule has 0 heterocycles. The van der Waals surface area contributed by atoms with Crippen molar-refractivity contribution in [2.24, 2.45) is 5.92 Å². The van der Waals surface area contributed by atoms with Crippen molar-refractivity contribution in [1.29, 1.82) is 0 Å². The minimum Gasteiger partial charge on any atom is -0.390 e. The highest BCUT2D eigenvalue weighted by atomic mass is 16.5. The van der Waals surface area contributed by atoms with Crippen molar-refractivity contribution in [1.82, 2.24) is 0 Å².